The van der Waals surface area contributed by atoms with E-state index in [4.69, 9.17) is 21.7 Å². The number of hydrogen-bond acceptors (Lipinski definition) is 10. The maximum atomic E-state index is 10.4. The van der Waals surface area contributed by atoms with Crippen molar-refractivity contribution in [3.63, 3.8) is 0 Å². The van der Waals surface area contributed by atoms with Gasteiger partial charge in [-0.15, -0.1) is 10.2 Å². The minimum Gasteiger partial charge on any atom is -0.510 e. The molecule has 33 heavy (non-hydrogen) atoms. The third-order valence-corrected chi connectivity index (χ3v) is 6.29. The fourth-order valence-corrected chi connectivity index (χ4v) is 3.78. The Labute approximate surface area is 201 Å². The number of allylic oxidation sites excluding steroid dienone is 2. The summed E-state index contributed by atoms with van der Waals surface area (Å²) >= 11 is 7.32. The quantitative estimate of drug-likeness (QED) is 0.211. The van der Waals surface area contributed by atoms with Gasteiger partial charge >= 0.3 is 0 Å². The van der Waals surface area contributed by atoms with E-state index in [0.717, 1.165) is 6.21 Å². The Bertz CT molecular complexity index is 1120. The maximum Gasteiger partial charge on any atom is 0.235 e. The number of nitrogens with zero attached hydrogens (tertiary/aromatic N) is 6. The van der Waals surface area contributed by atoms with Crippen LogP contribution in [0.2, 0.25) is 5.02 Å². The molecule has 12 heteroatoms. The van der Waals surface area contributed by atoms with Crippen molar-refractivity contribution in [2.75, 3.05) is 11.8 Å². The van der Waals surface area contributed by atoms with Gasteiger partial charge in [0.2, 0.25) is 11.8 Å². The summed E-state index contributed by atoms with van der Waals surface area (Å²) < 4.78 is 10.2. The molecule has 3 atom stereocenters. The summed E-state index contributed by atoms with van der Waals surface area (Å²) in [5.41, 5.74) is 0.533. The fraction of sp³-hybridized carbons (Fsp3) is 0.333. The average molecular weight is 489 g/mol. The van der Waals surface area contributed by atoms with Crippen molar-refractivity contribution in [3.05, 3.63) is 53.3 Å². The van der Waals surface area contributed by atoms with Crippen molar-refractivity contribution in [2.24, 2.45) is 0 Å². The smallest absolute Gasteiger partial charge is 0.235 e. The van der Waals surface area contributed by atoms with E-state index in [9.17, 15) is 5.11 Å². The number of ether oxygens (including phenoxy) is 1. The zero-order chi connectivity index (χ0) is 24.0. The van der Waals surface area contributed by atoms with Crippen LogP contribution in [0.25, 0.3) is 11.5 Å². The lowest BCUT2D eigenvalue weighted by atomic mass is 10.1. The van der Waals surface area contributed by atoms with Gasteiger partial charge in [0.1, 0.15) is 17.3 Å². The molecule has 3 aromatic heterocycles. The number of anilines is 1. The molecule has 3 N–H and O–H groups in total. The highest BCUT2D eigenvalue weighted by Gasteiger charge is 2.24. The molecule has 10 nitrogen and oxygen atoms in total. The molecule has 0 aromatic carbocycles. The zero-order valence-corrected chi connectivity index (χ0v) is 20.2. The third kappa shape index (κ3) is 5.79. The summed E-state index contributed by atoms with van der Waals surface area (Å²) in [7, 11) is 1.54. The monoisotopic (exact) mass is 488 g/mol. The van der Waals surface area contributed by atoms with Crippen LogP contribution in [0, 0.1) is 5.41 Å². The molecule has 3 rings (SSSR count). The number of hydrogen-bond donors (Lipinski definition) is 3. The number of halogens is 1. The number of methoxy groups -OCH3 is 1. The normalized spacial score (nSPS) is 14.4. The Kier molecular flexibility index (Phi) is 8.23. The molecule has 0 spiro atoms. The van der Waals surface area contributed by atoms with Crippen LogP contribution in [-0.4, -0.2) is 53.4 Å². The van der Waals surface area contributed by atoms with Crippen LogP contribution in [0.4, 0.5) is 5.95 Å². The summed E-state index contributed by atoms with van der Waals surface area (Å²) in [5, 5.41) is 26.9. The highest BCUT2D eigenvalue weighted by Crippen LogP contribution is 2.32. The van der Waals surface area contributed by atoms with Gasteiger partial charge in [-0.05, 0) is 31.0 Å². The van der Waals surface area contributed by atoms with Crippen LogP contribution in [-0.2, 0) is 0 Å². The first-order valence-corrected chi connectivity index (χ1v) is 11.4. The molecular formula is C21H25ClN8O2S. The molecule has 0 unspecified atom stereocenters. The molecule has 0 amide bonds. The number of aromatic nitrogens is 6. The second kappa shape index (κ2) is 11.1. The third-order valence-electron chi connectivity index (χ3n) is 5.01. The first-order chi connectivity index (χ1) is 15.8. The summed E-state index contributed by atoms with van der Waals surface area (Å²) in [6, 6.07) is 4.76. The number of nitrogens with one attached hydrogen (secondary N) is 2. The van der Waals surface area contributed by atoms with Crippen LogP contribution in [0.5, 0.6) is 5.88 Å². The van der Waals surface area contributed by atoms with Gasteiger partial charge in [-0.3, -0.25) is 9.29 Å². The van der Waals surface area contributed by atoms with Crippen LogP contribution >= 0.6 is 23.5 Å². The first-order valence-electron chi connectivity index (χ1n) is 10.1. The van der Waals surface area contributed by atoms with E-state index in [1.807, 2.05) is 13.8 Å². The molecule has 0 radical (unpaired) electrons. The van der Waals surface area contributed by atoms with E-state index in [2.05, 4.69) is 29.9 Å². The molecule has 3 heterocycles. The number of aliphatic hydroxyl groups is 1. The minimum atomic E-state index is -0.556. The van der Waals surface area contributed by atoms with Crippen LogP contribution in [0.1, 0.15) is 38.6 Å². The van der Waals surface area contributed by atoms with Crippen molar-refractivity contribution in [1.29, 1.82) is 5.41 Å². The average Bonchev–Trinajstić information content (AvgIpc) is 3.26. The van der Waals surface area contributed by atoms with E-state index in [1.165, 1.54) is 25.1 Å². The topological polar surface area (TPSA) is 135 Å². The minimum absolute atomic E-state index is 0.0158. The van der Waals surface area contributed by atoms with Gasteiger partial charge in [0.05, 0.1) is 18.2 Å². The van der Waals surface area contributed by atoms with Crippen LogP contribution in [0.3, 0.4) is 0 Å². The van der Waals surface area contributed by atoms with E-state index in [1.54, 1.807) is 42.1 Å². The molecule has 0 fully saturated rings. The van der Waals surface area contributed by atoms with E-state index in [-0.39, 0.29) is 16.9 Å². The predicted molar refractivity (Wildman–Crippen MR) is 130 cm³/mol. The Balaban J connectivity index is 1.89. The largest absolute Gasteiger partial charge is 0.510 e. The lowest BCUT2D eigenvalue weighted by molar-refractivity contribution is 0.341. The predicted octanol–water partition coefficient (Wildman–Crippen LogP) is 4.70. The van der Waals surface area contributed by atoms with Crippen LogP contribution < -0.4 is 9.46 Å². The van der Waals surface area contributed by atoms with Gasteiger partial charge in [0.15, 0.2) is 5.82 Å². The summed E-state index contributed by atoms with van der Waals surface area (Å²) in [6.07, 6.45) is 5.50. The molecule has 0 aliphatic rings. The number of pyridine rings is 1. The van der Waals surface area contributed by atoms with Crippen molar-refractivity contribution < 1.29 is 9.84 Å². The second-order valence-corrected chi connectivity index (χ2v) is 8.81. The molecular weight excluding hydrogens is 464 g/mol. The van der Waals surface area contributed by atoms with Gasteiger partial charge in [-0.1, -0.05) is 31.5 Å². The van der Waals surface area contributed by atoms with Crippen molar-refractivity contribution in [2.45, 2.75) is 38.0 Å². The van der Waals surface area contributed by atoms with E-state index in [0.29, 0.717) is 34.2 Å². The standard InChI is InChI=1S/C21H25ClN8O2S/c1-12(19-24-10-15(22)11-25-19)14(3)33-29-21-28-27-20(16-6-5-7-18(26-16)32-4)30(21)13(2)17(31)8-9-23/h5-14,23,31H,1-4H3,(H,28,29)/b17-8-,23-9?/t12-,13-,14-/m0/s1. The summed E-state index contributed by atoms with van der Waals surface area (Å²) in [5.74, 6) is 1.99. The summed E-state index contributed by atoms with van der Waals surface area (Å²) in [6.45, 7) is 5.85. The molecule has 0 aliphatic carbocycles. The number of rotatable bonds is 10. The molecule has 174 valence electrons. The molecule has 0 bridgehead atoms. The Hall–Kier alpha value is -3.18. The van der Waals surface area contributed by atoms with Gasteiger partial charge in [-0.2, -0.15) is 0 Å². The van der Waals surface area contributed by atoms with E-state index >= 15 is 0 Å². The molecule has 3 aromatic rings. The van der Waals surface area contributed by atoms with Crippen LogP contribution in [0.15, 0.2) is 42.4 Å². The van der Waals surface area contributed by atoms with Gasteiger partial charge in [0, 0.05) is 35.8 Å². The highest BCUT2D eigenvalue weighted by atomic mass is 35.5. The summed E-state index contributed by atoms with van der Waals surface area (Å²) in [4.78, 5) is 13.0. The van der Waals surface area contributed by atoms with Crippen molar-refractivity contribution in [1.82, 2.24) is 29.7 Å². The van der Waals surface area contributed by atoms with Gasteiger partial charge < -0.3 is 15.3 Å². The van der Waals surface area contributed by atoms with Gasteiger partial charge in [-0.25, -0.2) is 15.0 Å². The Morgan fingerprint density at radius 2 is 1.97 bits per heavy atom. The van der Waals surface area contributed by atoms with Gasteiger partial charge in [0.25, 0.3) is 0 Å². The van der Waals surface area contributed by atoms with Crippen molar-refractivity contribution >= 4 is 35.7 Å². The zero-order valence-electron chi connectivity index (χ0n) is 18.6. The first kappa shape index (κ1) is 24.5. The molecule has 0 saturated heterocycles. The second-order valence-electron chi connectivity index (χ2n) is 7.19. The molecule has 0 aliphatic heterocycles. The van der Waals surface area contributed by atoms with Crippen molar-refractivity contribution in [3.8, 4) is 17.4 Å². The lowest BCUT2D eigenvalue weighted by Gasteiger charge is -2.21. The fourth-order valence-electron chi connectivity index (χ4n) is 2.93. The molecule has 0 saturated carbocycles. The number of aliphatic hydroxyl groups excluding tert-OH is 1. The maximum absolute atomic E-state index is 10.4. The Morgan fingerprint density at radius 1 is 1.24 bits per heavy atom. The SMILES string of the molecule is COc1cccc(-c2nnc(NS[C@@H](C)[C@H](C)c3ncc(Cl)cn3)n2[C@@H](C)/C(O)=C/C=N)n1. The Morgan fingerprint density at radius 3 is 2.64 bits per heavy atom. The van der Waals surface area contributed by atoms with E-state index < -0.39 is 6.04 Å². The highest BCUT2D eigenvalue weighted by molar-refractivity contribution is 8.01. The lowest BCUT2D eigenvalue weighted by Crippen LogP contribution is -2.16.